The van der Waals surface area contributed by atoms with Crippen molar-refractivity contribution in [3.05, 3.63) is 33.6 Å². The molecule has 0 bridgehead atoms. The number of fused-ring (bicyclic) bond motifs is 1. The minimum atomic E-state index is -0.795. The van der Waals surface area contributed by atoms with Gasteiger partial charge in [-0.3, -0.25) is 9.69 Å². The van der Waals surface area contributed by atoms with Crippen molar-refractivity contribution in [2.24, 2.45) is 0 Å². The van der Waals surface area contributed by atoms with E-state index >= 15 is 0 Å². The van der Waals surface area contributed by atoms with Gasteiger partial charge in [0.05, 0.1) is 6.54 Å². The molecule has 0 fully saturated rings. The maximum Gasteiger partial charge on any atom is 0.303 e. The van der Waals surface area contributed by atoms with Gasteiger partial charge in [-0.15, -0.1) is 11.3 Å². The molecule has 1 aliphatic heterocycles. The number of hydrogen-bond acceptors (Lipinski definition) is 6. The molecular formula is C15H19N3O3S. The van der Waals surface area contributed by atoms with Crippen molar-refractivity contribution >= 4 is 17.3 Å². The molecule has 1 aliphatic rings. The Bertz CT molecular complexity index is 638. The Morgan fingerprint density at radius 3 is 3.27 bits per heavy atom. The lowest BCUT2D eigenvalue weighted by Crippen LogP contribution is -2.23. The predicted octanol–water partition coefficient (Wildman–Crippen LogP) is 2.49. The highest BCUT2D eigenvalue weighted by molar-refractivity contribution is 7.10. The lowest BCUT2D eigenvalue weighted by atomic mass is 10.2. The summed E-state index contributed by atoms with van der Waals surface area (Å²) < 4.78 is 5.20. The number of aryl methyl sites for hydroxylation is 2. The lowest BCUT2D eigenvalue weighted by molar-refractivity contribution is -0.137. The average Bonchev–Trinajstić information content (AvgIpc) is 3.05. The van der Waals surface area contributed by atoms with Crippen LogP contribution in [0, 0.1) is 0 Å². The van der Waals surface area contributed by atoms with Crippen LogP contribution in [0.4, 0.5) is 0 Å². The second-order valence-corrected chi connectivity index (χ2v) is 6.54. The maximum atomic E-state index is 10.5. The Morgan fingerprint density at radius 2 is 2.41 bits per heavy atom. The number of aromatic nitrogens is 2. The van der Waals surface area contributed by atoms with Crippen molar-refractivity contribution in [2.75, 3.05) is 6.54 Å². The largest absolute Gasteiger partial charge is 0.481 e. The van der Waals surface area contributed by atoms with Crippen molar-refractivity contribution in [1.82, 2.24) is 15.0 Å². The third-order valence-electron chi connectivity index (χ3n) is 3.77. The molecule has 0 unspecified atom stereocenters. The molecule has 22 heavy (non-hydrogen) atoms. The molecule has 0 atom stereocenters. The van der Waals surface area contributed by atoms with Crippen molar-refractivity contribution < 1.29 is 14.4 Å². The molecule has 0 spiro atoms. The van der Waals surface area contributed by atoms with Gasteiger partial charge in [0.25, 0.3) is 0 Å². The van der Waals surface area contributed by atoms with Crippen LogP contribution in [0.25, 0.3) is 0 Å². The van der Waals surface area contributed by atoms with Crippen molar-refractivity contribution in [3.8, 4) is 0 Å². The summed E-state index contributed by atoms with van der Waals surface area (Å²) in [7, 11) is 0. The lowest BCUT2D eigenvalue weighted by Gasteiger charge is -2.17. The minimum Gasteiger partial charge on any atom is -0.481 e. The van der Waals surface area contributed by atoms with E-state index in [2.05, 4.69) is 26.5 Å². The summed E-state index contributed by atoms with van der Waals surface area (Å²) >= 11 is 1.84. The van der Waals surface area contributed by atoms with E-state index in [0.717, 1.165) is 25.9 Å². The molecule has 0 amide bonds. The first-order chi connectivity index (χ1) is 10.7. The first-order valence-corrected chi connectivity index (χ1v) is 8.39. The van der Waals surface area contributed by atoms with Gasteiger partial charge in [0.2, 0.25) is 5.89 Å². The first kappa shape index (κ1) is 15.2. The van der Waals surface area contributed by atoms with Gasteiger partial charge < -0.3 is 9.63 Å². The number of rotatable bonds is 6. The van der Waals surface area contributed by atoms with Crippen LogP contribution in [0.2, 0.25) is 0 Å². The fourth-order valence-electron chi connectivity index (χ4n) is 2.69. The van der Waals surface area contributed by atoms with E-state index in [1.807, 2.05) is 11.3 Å². The van der Waals surface area contributed by atoms with E-state index in [-0.39, 0.29) is 6.42 Å². The van der Waals surface area contributed by atoms with Gasteiger partial charge >= 0.3 is 5.97 Å². The van der Waals surface area contributed by atoms with Gasteiger partial charge in [0.15, 0.2) is 5.82 Å². The van der Waals surface area contributed by atoms with Crippen LogP contribution < -0.4 is 0 Å². The first-order valence-electron chi connectivity index (χ1n) is 7.51. The number of carbonyl (C=O) groups is 1. The van der Waals surface area contributed by atoms with Crippen LogP contribution in [0.1, 0.15) is 41.4 Å². The number of thiophene rings is 1. The van der Waals surface area contributed by atoms with Crippen molar-refractivity contribution in [3.63, 3.8) is 0 Å². The quantitative estimate of drug-likeness (QED) is 0.880. The third kappa shape index (κ3) is 3.92. The summed E-state index contributed by atoms with van der Waals surface area (Å²) in [6, 6.07) is 2.20. The molecule has 0 aromatic carbocycles. The van der Waals surface area contributed by atoms with E-state index in [0.29, 0.717) is 31.1 Å². The van der Waals surface area contributed by atoms with Crippen molar-refractivity contribution in [2.45, 2.75) is 45.2 Å². The zero-order valence-corrected chi connectivity index (χ0v) is 13.1. The van der Waals surface area contributed by atoms with Crippen LogP contribution in [0.3, 0.4) is 0 Å². The molecule has 2 aromatic rings. The standard InChI is InChI=1S/C15H19N3O3S/c19-15(20)5-1-4-14-16-13(17-21-14)10-18-7-2-3-12-11(9-18)6-8-22-12/h6,8H,1-5,7,9-10H2,(H,19,20). The third-order valence-corrected chi connectivity index (χ3v) is 4.79. The van der Waals surface area contributed by atoms with Crippen LogP contribution in [-0.2, 0) is 30.7 Å². The van der Waals surface area contributed by atoms with E-state index in [9.17, 15) is 4.79 Å². The number of hydrogen-bond donors (Lipinski definition) is 1. The van der Waals surface area contributed by atoms with Gasteiger partial charge in [-0.05, 0) is 42.8 Å². The monoisotopic (exact) mass is 321 g/mol. The normalized spacial score (nSPS) is 15.5. The molecule has 2 aromatic heterocycles. The molecule has 3 rings (SSSR count). The predicted molar refractivity (Wildman–Crippen MR) is 81.6 cm³/mol. The summed E-state index contributed by atoms with van der Waals surface area (Å²) in [5.74, 6) is 0.419. The molecule has 118 valence electrons. The van der Waals surface area contributed by atoms with Gasteiger partial charge in [-0.1, -0.05) is 5.16 Å². The molecule has 0 saturated carbocycles. The van der Waals surface area contributed by atoms with E-state index in [1.54, 1.807) is 0 Å². The van der Waals surface area contributed by atoms with Gasteiger partial charge in [0.1, 0.15) is 0 Å². The molecular weight excluding hydrogens is 302 g/mol. The van der Waals surface area contributed by atoms with Gasteiger partial charge in [-0.2, -0.15) is 4.98 Å². The van der Waals surface area contributed by atoms with Gasteiger partial charge in [-0.25, -0.2) is 0 Å². The van der Waals surface area contributed by atoms with Crippen molar-refractivity contribution in [1.29, 1.82) is 0 Å². The van der Waals surface area contributed by atoms with Gasteiger partial charge in [0, 0.05) is 24.3 Å². The number of carboxylic acid groups (broad SMARTS) is 1. The summed E-state index contributed by atoms with van der Waals surface area (Å²) in [6.45, 7) is 2.64. The fourth-order valence-corrected chi connectivity index (χ4v) is 3.63. The topological polar surface area (TPSA) is 79.5 Å². The Labute approximate surface area is 132 Å². The maximum absolute atomic E-state index is 10.5. The van der Waals surface area contributed by atoms with E-state index < -0.39 is 5.97 Å². The van der Waals surface area contributed by atoms with Crippen LogP contribution in [-0.4, -0.2) is 32.7 Å². The molecule has 3 heterocycles. The number of carboxylic acids is 1. The highest BCUT2D eigenvalue weighted by Crippen LogP contribution is 2.24. The zero-order chi connectivity index (χ0) is 15.4. The highest BCUT2D eigenvalue weighted by Gasteiger charge is 2.17. The molecule has 1 N–H and O–H groups in total. The molecule has 0 aliphatic carbocycles. The summed E-state index contributed by atoms with van der Waals surface area (Å²) in [5.41, 5.74) is 1.41. The molecule has 6 nitrogen and oxygen atoms in total. The van der Waals surface area contributed by atoms with Crippen LogP contribution in [0.5, 0.6) is 0 Å². The van der Waals surface area contributed by atoms with E-state index in [4.69, 9.17) is 9.63 Å². The van der Waals surface area contributed by atoms with E-state index in [1.165, 1.54) is 10.4 Å². The smallest absolute Gasteiger partial charge is 0.303 e. The Balaban J connectivity index is 1.55. The molecule has 7 heteroatoms. The van der Waals surface area contributed by atoms with Crippen LogP contribution in [0.15, 0.2) is 16.0 Å². The number of aliphatic carboxylic acids is 1. The fraction of sp³-hybridized carbons (Fsp3) is 0.533. The van der Waals surface area contributed by atoms with Crippen LogP contribution >= 0.6 is 11.3 Å². The summed E-state index contributed by atoms with van der Waals surface area (Å²) in [5, 5.41) is 14.8. The second kappa shape index (κ2) is 7.02. The Morgan fingerprint density at radius 1 is 1.50 bits per heavy atom. The molecule has 0 radical (unpaired) electrons. The number of nitrogens with zero attached hydrogens (tertiary/aromatic N) is 3. The summed E-state index contributed by atoms with van der Waals surface area (Å²) in [6.07, 6.45) is 3.48. The minimum absolute atomic E-state index is 0.130. The molecule has 0 saturated heterocycles. The highest BCUT2D eigenvalue weighted by atomic mass is 32.1. The SMILES string of the molecule is O=C(O)CCCc1nc(CN2CCCc3sccc3C2)no1. The zero-order valence-electron chi connectivity index (χ0n) is 12.3. The second-order valence-electron chi connectivity index (χ2n) is 5.53. The average molecular weight is 321 g/mol. The Kier molecular flexibility index (Phi) is 4.84. The summed E-state index contributed by atoms with van der Waals surface area (Å²) in [4.78, 5) is 18.7. The Hall–Kier alpha value is -1.73.